The summed E-state index contributed by atoms with van der Waals surface area (Å²) in [6, 6.07) is 9.43. The Hall–Kier alpha value is -1.69. The monoisotopic (exact) mass is 381 g/mol. The van der Waals surface area contributed by atoms with Gasteiger partial charge >= 0.3 is 0 Å². The first-order valence-electron chi connectivity index (χ1n) is 8.10. The molecule has 0 aliphatic carbocycles. The highest BCUT2D eigenvalue weighted by atomic mass is 35.5. The van der Waals surface area contributed by atoms with Gasteiger partial charge in [-0.25, -0.2) is 9.37 Å². The van der Waals surface area contributed by atoms with Crippen LogP contribution in [-0.4, -0.2) is 46.9 Å². The van der Waals surface area contributed by atoms with Crippen molar-refractivity contribution >= 4 is 29.1 Å². The van der Waals surface area contributed by atoms with E-state index in [9.17, 15) is 9.18 Å². The lowest BCUT2D eigenvalue weighted by molar-refractivity contribution is 0.0760. The van der Waals surface area contributed by atoms with Crippen molar-refractivity contribution in [1.82, 2.24) is 14.8 Å². The smallest absolute Gasteiger partial charge is 0.254 e. The van der Waals surface area contributed by atoms with Crippen molar-refractivity contribution in [1.29, 1.82) is 0 Å². The van der Waals surface area contributed by atoms with Crippen LogP contribution in [0.2, 0.25) is 10.3 Å². The highest BCUT2D eigenvalue weighted by Crippen LogP contribution is 2.18. The second-order valence-corrected chi connectivity index (χ2v) is 6.83. The van der Waals surface area contributed by atoms with E-state index in [1.807, 2.05) is 0 Å². The molecule has 0 unspecified atom stereocenters. The third-order valence-electron chi connectivity index (χ3n) is 4.18. The number of amides is 1. The molecular formula is C18H18Cl2FN3O. The van der Waals surface area contributed by atoms with Crippen molar-refractivity contribution in [3.8, 4) is 0 Å². The number of carbonyl (C=O) groups is 1. The molecule has 132 valence electrons. The summed E-state index contributed by atoms with van der Waals surface area (Å²) in [4.78, 5) is 20.5. The highest BCUT2D eigenvalue weighted by Gasteiger charge is 2.20. The zero-order chi connectivity index (χ0) is 17.8. The Morgan fingerprint density at radius 2 is 1.84 bits per heavy atom. The second-order valence-electron chi connectivity index (χ2n) is 6.05. The van der Waals surface area contributed by atoms with Crippen LogP contribution in [0.3, 0.4) is 0 Å². The number of nitrogens with zero attached hydrogens (tertiary/aromatic N) is 3. The van der Waals surface area contributed by atoms with Crippen molar-refractivity contribution in [2.24, 2.45) is 0 Å². The zero-order valence-electron chi connectivity index (χ0n) is 13.6. The maximum absolute atomic E-state index is 13.3. The first-order chi connectivity index (χ1) is 12.0. The van der Waals surface area contributed by atoms with Gasteiger partial charge in [0.1, 0.15) is 16.1 Å². The summed E-state index contributed by atoms with van der Waals surface area (Å²) in [6.07, 6.45) is 0.855. The molecule has 0 saturated carbocycles. The quantitative estimate of drug-likeness (QED) is 0.757. The van der Waals surface area contributed by atoms with Crippen LogP contribution in [0, 0.1) is 5.82 Å². The van der Waals surface area contributed by atoms with Crippen LogP contribution in [0.5, 0.6) is 0 Å². The summed E-state index contributed by atoms with van der Waals surface area (Å²) >= 11 is 11.9. The first kappa shape index (κ1) is 18.1. The lowest BCUT2D eigenvalue weighted by Gasteiger charge is -2.22. The number of halogens is 3. The van der Waals surface area contributed by atoms with Crippen LogP contribution in [-0.2, 0) is 6.54 Å². The van der Waals surface area contributed by atoms with E-state index in [0.29, 0.717) is 35.5 Å². The fourth-order valence-corrected chi connectivity index (χ4v) is 3.51. The van der Waals surface area contributed by atoms with Gasteiger partial charge in [-0.05, 0) is 42.3 Å². The predicted molar refractivity (Wildman–Crippen MR) is 96.5 cm³/mol. The molecule has 4 nitrogen and oxygen atoms in total. The van der Waals surface area contributed by atoms with Gasteiger partial charge in [-0.15, -0.1) is 0 Å². The van der Waals surface area contributed by atoms with E-state index in [1.54, 1.807) is 29.2 Å². The van der Waals surface area contributed by atoms with Crippen molar-refractivity contribution < 1.29 is 9.18 Å². The minimum absolute atomic E-state index is 0.128. The molecule has 7 heteroatoms. The normalized spacial score (nSPS) is 15.9. The molecule has 1 aliphatic rings. The third-order valence-corrected chi connectivity index (χ3v) is 4.56. The first-order valence-corrected chi connectivity index (χ1v) is 8.86. The van der Waals surface area contributed by atoms with E-state index in [2.05, 4.69) is 9.88 Å². The van der Waals surface area contributed by atoms with Gasteiger partial charge in [0, 0.05) is 38.3 Å². The Morgan fingerprint density at radius 1 is 1.08 bits per heavy atom. The Kier molecular flexibility index (Phi) is 5.89. The SMILES string of the molecule is O=C(c1cccc(F)c1)N1CCCN(Cc2cc(Cl)nc(Cl)c2)CC1. The Labute approximate surface area is 156 Å². The number of aromatic nitrogens is 1. The van der Waals surface area contributed by atoms with Gasteiger partial charge < -0.3 is 4.90 Å². The molecule has 1 saturated heterocycles. The largest absolute Gasteiger partial charge is 0.337 e. The van der Waals surface area contributed by atoms with Crippen molar-refractivity contribution in [2.45, 2.75) is 13.0 Å². The molecule has 1 aliphatic heterocycles. The van der Waals surface area contributed by atoms with Gasteiger partial charge in [0.15, 0.2) is 0 Å². The average molecular weight is 382 g/mol. The summed E-state index contributed by atoms with van der Waals surface area (Å²) in [7, 11) is 0. The van der Waals surface area contributed by atoms with E-state index >= 15 is 0 Å². The average Bonchev–Trinajstić information content (AvgIpc) is 2.79. The second kappa shape index (κ2) is 8.13. The third kappa shape index (κ3) is 4.91. The van der Waals surface area contributed by atoms with Gasteiger partial charge in [0.05, 0.1) is 0 Å². The fourth-order valence-electron chi connectivity index (χ4n) is 3.00. The van der Waals surface area contributed by atoms with Crippen LogP contribution >= 0.6 is 23.2 Å². The topological polar surface area (TPSA) is 36.4 Å². The molecule has 1 aromatic carbocycles. The molecule has 25 heavy (non-hydrogen) atoms. The standard InChI is InChI=1S/C18H18Cl2FN3O/c19-16-9-13(10-17(20)22-16)12-23-5-2-6-24(8-7-23)18(25)14-3-1-4-15(21)11-14/h1,3-4,9-11H,2,5-8,12H2. The van der Waals surface area contributed by atoms with E-state index in [1.165, 1.54) is 12.1 Å². The van der Waals surface area contributed by atoms with Gasteiger partial charge in [0.2, 0.25) is 0 Å². The van der Waals surface area contributed by atoms with E-state index in [4.69, 9.17) is 23.2 Å². The summed E-state index contributed by atoms with van der Waals surface area (Å²) in [5.74, 6) is -0.523. The van der Waals surface area contributed by atoms with Gasteiger partial charge in [0.25, 0.3) is 5.91 Å². The molecule has 0 spiro atoms. The fraction of sp³-hybridized carbons (Fsp3) is 0.333. The molecule has 3 rings (SSSR count). The number of rotatable bonds is 3. The highest BCUT2D eigenvalue weighted by molar-refractivity contribution is 6.32. The van der Waals surface area contributed by atoms with Crippen LogP contribution < -0.4 is 0 Å². The molecule has 0 radical (unpaired) electrons. The molecule has 0 atom stereocenters. The van der Waals surface area contributed by atoms with Crippen LogP contribution in [0.15, 0.2) is 36.4 Å². The lowest BCUT2D eigenvalue weighted by atomic mass is 10.2. The zero-order valence-corrected chi connectivity index (χ0v) is 15.1. The Balaban J connectivity index is 1.63. The van der Waals surface area contributed by atoms with Crippen LogP contribution in [0.1, 0.15) is 22.3 Å². The molecular weight excluding hydrogens is 364 g/mol. The molecule has 1 fully saturated rings. The van der Waals surface area contributed by atoms with Gasteiger partial charge in [-0.1, -0.05) is 29.3 Å². The summed E-state index contributed by atoms with van der Waals surface area (Å²) in [6.45, 7) is 3.55. The molecule has 0 N–H and O–H groups in total. The van der Waals surface area contributed by atoms with Crippen LogP contribution in [0.25, 0.3) is 0 Å². The van der Waals surface area contributed by atoms with E-state index in [0.717, 1.165) is 25.1 Å². The summed E-state index contributed by atoms with van der Waals surface area (Å²) in [5.41, 5.74) is 1.39. The molecule has 2 aromatic rings. The van der Waals surface area contributed by atoms with Gasteiger partial charge in [-0.2, -0.15) is 0 Å². The maximum atomic E-state index is 13.3. The van der Waals surface area contributed by atoms with Crippen molar-refractivity contribution in [2.75, 3.05) is 26.2 Å². The number of carbonyl (C=O) groups excluding carboxylic acids is 1. The minimum atomic E-state index is -0.395. The van der Waals surface area contributed by atoms with E-state index < -0.39 is 5.82 Å². The maximum Gasteiger partial charge on any atom is 0.254 e. The predicted octanol–water partition coefficient (Wildman–Crippen LogP) is 3.88. The van der Waals surface area contributed by atoms with E-state index in [-0.39, 0.29) is 5.91 Å². The summed E-state index contributed by atoms with van der Waals surface area (Å²) in [5, 5.41) is 0.750. The van der Waals surface area contributed by atoms with Crippen LogP contribution in [0.4, 0.5) is 4.39 Å². The number of hydrogen-bond donors (Lipinski definition) is 0. The Morgan fingerprint density at radius 3 is 2.56 bits per heavy atom. The van der Waals surface area contributed by atoms with Gasteiger partial charge in [-0.3, -0.25) is 9.69 Å². The molecule has 1 amide bonds. The molecule has 2 heterocycles. The number of benzene rings is 1. The molecule has 1 aromatic heterocycles. The minimum Gasteiger partial charge on any atom is -0.337 e. The van der Waals surface area contributed by atoms with Crippen molar-refractivity contribution in [3.05, 3.63) is 63.6 Å². The lowest BCUT2D eigenvalue weighted by Crippen LogP contribution is -2.35. The number of pyridine rings is 1. The number of hydrogen-bond acceptors (Lipinski definition) is 3. The molecule has 0 bridgehead atoms. The van der Waals surface area contributed by atoms with Crippen molar-refractivity contribution in [3.63, 3.8) is 0 Å². The summed E-state index contributed by atoms with van der Waals surface area (Å²) < 4.78 is 13.3. The Bertz CT molecular complexity index is 751.